The molecule has 134 valence electrons. The van der Waals surface area contributed by atoms with Gasteiger partial charge in [-0.3, -0.25) is 4.79 Å². The van der Waals surface area contributed by atoms with Gasteiger partial charge >= 0.3 is 0 Å². The third-order valence-corrected chi connectivity index (χ3v) is 4.50. The molecule has 9 nitrogen and oxygen atoms in total. The monoisotopic (exact) mass is 346 g/mol. The molecule has 1 aliphatic heterocycles. The number of nitrogens with one attached hydrogen (secondary N) is 2. The van der Waals surface area contributed by atoms with E-state index in [4.69, 9.17) is 9.47 Å². The Morgan fingerprint density at radius 3 is 2.80 bits per heavy atom. The molecule has 1 aromatic heterocycles. The summed E-state index contributed by atoms with van der Waals surface area (Å²) in [5, 5.41) is 17.5. The predicted octanol–water partition coefficient (Wildman–Crippen LogP) is 0.626. The molecular weight excluding hydrogens is 324 g/mol. The second-order valence-electron chi connectivity index (χ2n) is 6.06. The number of carbonyl (C=O) groups is 1. The molecule has 1 saturated heterocycles. The lowest BCUT2D eigenvalue weighted by Crippen LogP contribution is -2.47. The lowest BCUT2D eigenvalue weighted by atomic mass is 9.78. The van der Waals surface area contributed by atoms with Gasteiger partial charge in [-0.1, -0.05) is 0 Å². The van der Waals surface area contributed by atoms with Crippen molar-refractivity contribution in [1.29, 1.82) is 0 Å². The molecule has 0 atom stereocenters. The summed E-state index contributed by atoms with van der Waals surface area (Å²) in [5.41, 5.74) is 0.788. The van der Waals surface area contributed by atoms with Gasteiger partial charge in [0, 0.05) is 12.8 Å². The number of ether oxygens (including phenoxy) is 2. The Hall–Kier alpha value is -2.52. The van der Waals surface area contributed by atoms with Crippen LogP contribution >= 0.6 is 0 Å². The van der Waals surface area contributed by atoms with Crippen molar-refractivity contribution in [2.45, 2.75) is 12.8 Å². The minimum atomic E-state index is -0.519. The van der Waals surface area contributed by atoms with Crippen LogP contribution in [0, 0.1) is 5.41 Å². The molecule has 2 N–H and O–H groups in total. The third kappa shape index (κ3) is 3.62. The van der Waals surface area contributed by atoms with Gasteiger partial charge in [0.15, 0.2) is 0 Å². The molecule has 1 aromatic carbocycles. The highest BCUT2D eigenvalue weighted by molar-refractivity contribution is 5.96. The van der Waals surface area contributed by atoms with Crippen molar-refractivity contribution in [3.63, 3.8) is 0 Å². The molecule has 3 rings (SSSR count). The van der Waals surface area contributed by atoms with Gasteiger partial charge in [0.05, 0.1) is 19.1 Å². The lowest BCUT2D eigenvalue weighted by molar-refractivity contribution is -0.130. The van der Waals surface area contributed by atoms with E-state index in [2.05, 4.69) is 26.2 Å². The quantitative estimate of drug-likeness (QED) is 0.790. The summed E-state index contributed by atoms with van der Waals surface area (Å²) in [6.45, 7) is 2.00. The van der Waals surface area contributed by atoms with Crippen LogP contribution in [0.15, 0.2) is 24.5 Å². The highest BCUT2D eigenvalue weighted by Crippen LogP contribution is 2.32. The first-order valence-electron chi connectivity index (χ1n) is 8.11. The minimum absolute atomic E-state index is 0.0383. The first kappa shape index (κ1) is 17.3. The average Bonchev–Trinajstić information content (AvgIpc) is 3.17. The molecular formula is C16H22N6O3. The van der Waals surface area contributed by atoms with Gasteiger partial charge in [0.25, 0.3) is 0 Å². The second-order valence-corrected chi connectivity index (χ2v) is 6.06. The van der Waals surface area contributed by atoms with Gasteiger partial charge in [0.2, 0.25) is 5.91 Å². The van der Waals surface area contributed by atoms with Crippen LogP contribution in [-0.2, 0) is 9.53 Å². The number of benzene rings is 1. The number of rotatable bonds is 6. The van der Waals surface area contributed by atoms with E-state index >= 15 is 0 Å². The maximum Gasteiger partial charge on any atom is 0.233 e. The fraction of sp³-hybridized carbons (Fsp3) is 0.500. The van der Waals surface area contributed by atoms with Gasteiger partial charge < -0.3 is 20.1 Å². The Morgan fingerprint density at radius 1 is 1.36 bits per heavy atom. The molecule has 25 heavy (non-hydrogen) atoms. The number of hydrogen-bond acceptors (Lipinski definition) is 7. The normalized spacial score (nSPS) is 16.4. The van der Waals surface area contributed by atoms with Crippen molar-refractivity contribution in [2.24, 2.45) is 5.41 Å². The number of nitrogens with zero attached hydrogens (tertiary/aromatic N) is 4. The topological polar surface area (TPSA) is 103 Å². The van der Waals surface area contributed by atoms with Crippen LogP contribution < -0.4 is 15.4 Å². The third-order valence-electron chi connectivity index (χ3n) is 4.50. The van der Waals surface area contributed by atoms with Gasteiger partial charge in [-0.25, -0.2) is 0 Å². The molecule has 1 aliphatic rings. The van der Waals surface area contributed by atoms with E-state index < -0.39 is 5.41 Å². The van der Waals surface area contributed by atoms with E-state index in [0.717, 1.165) is 25.9 Å². The second kappa shape index (κ2) is 7.58. The van der Waals surface area contributed by atoms with Crippen LogP contribution in [0.2, 0.25) is 0 Å². The van der Waals surface area contributed by atoms with Crippen molar-refractivity contribution in [1.82, 2.24) is 25.5 Å². The largest absolute Gasteiger partial charge is 0.494 e. The van der Waals surface area contributed by atoms with Crippen LogP contribution in [-0.4, -0.2) is 60.0 Å². The maximum atomic E-state index is 12.9. The summed E-state index contributed by atoms with van der Waals surface area (Å²) in [5.74, 6) is 0.572. The number of aromatic nitrogens is 4. The lowest BCUT2D eigenvalue weighted by Gasteiger charge is -2.35. The Morgan fingerprint density at radius 2 is 2.16 bits per heavy atom. The van der Waals surface area contributed by atoms with E-state index in [1.165, 1.54) is 11.0 Å². The fourth-order valence-corrected chi connectivity index (χ4v) is 3.10. The molecule has 2 aromatic rings. The molecule has 0 bridgehead atoms. The Balaban J connectivity index is 1.84. The number of tetrazole rings is 1. The summed E-state index contributed by atoms with van der Waals surface area (Å²) in [6, 6.07) is 5.36. The fourth-order valence-electron chi connectivity index (χ4n) is 3.10. The molecule has 1 fully saturated rings. The zero-order chi connectivity index (χ0) is 17.7. The molecule has 0 unspecified atom stereocenters. The summed E-state index contributed by atoms with van der Waals surface area (Å²) in [4.78, 5) is 12.9. The summed E-state index contributed by atoms with van der Waals surface area (Å²) >= 11 is 0. The van der Waals surface area contributed by atoms with Crippen molar-refractivity contribution >= 4 is 11.6 Å². The molecule has 0 spiro atoms. The van der Waals surface area contributed by atoms with Crippen molar-refractivity contribution in [2.75, 3.05) is 39.2 Å². The molecule has 0 aliphatic carbocycles. The summed E-state index contributed by atoms with van der Waals surface area (Å²) in [6.07, 6.45) is 2.95. The van der Waals surface area contributed by atoms with Crippen molar-refractivity contribution in [3.05, 3.63) is 24.5 Å². The Kier molecular flexibility index (Phi) is 5.25. The molecule has 9 heteroatoms. The van der Waals surface area contributed by atoms with Gasteiger partial charge in [-0.05, 0) is 54.6 Å². The van der Waals surface area contributed by atoms with Crippen LogP contribution in [0.25, 0.3) is 5.69 Å². The van der Waals surface area contributed by atoms with Crippen LogP contribution in [0.1, 0.15) is 12.8 Å². The minimum Gasteiger partial charge on any atom is -0.494 e. The van der Waals surface area contributed by atoms with Crippen molar-refractivity contribution < 1.29 is 14.3 Å². The number of piperidine rings is 1. The predicted molar refractivity (Wildman–Crippen MR) is 90.7 cm³/mol. The zero-order valence-corrected chi connectivity index (χ0v) is 14.4. The average molecular weight is 346 g/mol. The highest BCUT2D eigenvalue weighted by atomic mass is 16.5. The maximum absolute atomic E-state index is 12.9. The van der Waals surface area contributed by atoms with E-state index in [0.29, 0.717) is 23.7 Å². The van der Waals surface area contributed by atoms with Gasteiger partial charge in [0.1, 0.15) is 17.8 Å². The zero-order valence-electron chi connectivity index (χ0n) is 14.4. The number of methoxy groups -OCH3 is 2. The molecule has 0 radical (unpaired) electrons. The summed E-state index contributed by atoms with van der Waals surface area (Å²) < 4.78 is 12.2. The smallest absolute Gasteiger partial charge is 0.233 e. The number of hydrogen-bond donors (Lipinski definition) is 2. The van der Waals surface area contributed by atoms with Crippen LogP contribution in [0.3, 0.4) is 0 Å². The van der Waals surface area contributed by atoms with Crippen LogP contribution in [0.4, 0.5) is 5.69 Å². The van der Waals surface area contributed by atoms with E-state index in [9.17, 15) is 4.79 Å². The first-order chi connectivity index (χ1) is 12.2. The molecule has 0 saturated carbocycles. The first-order valence-corrected chi connectivity index (χ1v) is 8.11. The van der Waals surface area contributed by atoms with Gasteiger partial charge in [-0.15, -0.1) is 5.10 Å². The Bertz CT molecular complexity index is 707. The standard InChI is InChI=1S/C16H22N6O3/c1-24-10-16(5-7-17-8-6-16)15(23)19-12-3-4-14(25-2)13(9-12)22-11-18-20-21-22/h3-4,9,11,17H,5-8,10H2,1-2H3,(H,19,23). The SMILES string of the molecule is COCC1(C(=O)Nc2ccc(OC)c(-n3cnnn3)c2)CCNCC1. The number of carbonyl (C=O) groups excluding carboxylic acids is 1. The number of amides is 1. The molecule has 2 heterocycles. The number of anilines is 1. The van der Waals surface area contributed by atoms with E-state index in [1.54, 1.807) is 32.4 Å². The van der Waals surface area contributed by atoms with E-state index in [-0.39, 0.29) is 5.91 Å². The Labute approximate surface area is 145 Å². The molecule has 1 amide bonds. The van der Waals surface area contributed by atoms with Crippen molar-refractivity contribution in [3.8, 4) is 11.4 Å². The van der Waals surface area contributed by atoms with E-state index in [1.807, 2.05) is 0 Å². The summed E-state index contributed by atoms with van der Waals surface area (Å²) in [7, 11) is 3.20. The van der Waals surface area contributed by atoms with Crippen LogP contribution in [0.5, 0.6) is 5.75 Å². The van der Waals surface area contributed by atoms with Gasteiger partial charge in [-0.2, -0.15) is 4.68 Å². The highest BCUT2D eigenvalue weighted by Gasteiger charge is 2.39.